The molecule has 1 aliphatic rings. The maximum absolute atomic E-state index is 3.42. The molecular weight excluding hydrogens is 148 g/mol. The Morgan fingerprint density at radius 3 is 2.40 bits per heavy atom. The predicted molar refractivity (Wildman–Crippen MR) is 46.8 cm³/mol. The Bertz CT molecular complexity index is 97.6. The van der Waals surface area contributed by atoms with Crippen LogP contribution >= 0.6 is 12.4 Å². The number of hydrogen-bond acceptors (Lipinski definition) is 2. The van der Waals surface area contributed by atoms with Gasteiger partial charge in [0.05, 0.1) is 0 Å². The quantitative estimate of drug-likeness (QED) is 0.568. The van der Waals surface area contributed by atoms with Gasteiger partial charge in [-0.1, -0.05) is 0 Å². The summed E-state index contributed by atoms with van der Waals surface area (Å²) in [5.74, 6) is 0. The summed E-state index contributed by atoms with van der Waals surface area (Å²) in [4.78, 5) is 2.39. The Hall–Kier alpha value is 0.210. The van der Waals surface area contributed by atoms with E-state index in [1.54, 1.807) is 0 Å². The zero-order chi connectivity index (χ0) is 6.85. The van der Waals surface area contributed by atoms with Crippen molar-refractivity contribution in [3.8, 4) is 0 Å². The Morgan fingerprint density at radius 1 is 1.40 bits per heavy atom. The molecule has 0 amide bonds. The zero-order valence-electron chi connectivity index (χ0n) is 6.92. The van der Waals surface area contributed by atoms with E-state index in [9.17, 15) is 0 Å². The van der Waals surface area contributed by atoms with Crippen molar-refractivity contribution in [3.05, 3.63) is 0 Å². The van der Waals surface area contributed by atoms with Crippen LogP contribution in [0.25, 0.3) is 0 Å². The van der Waals surface area contributed by atoms with E-state index >= 15 is 0 Å². The molecule has 1 rings (SSSR count). The van der Waals surface area contributed by atoms with Crippen molar-refractivity contribution in [2.24, 2.45) is 0 Å². The topological polar surface area (TPSA) is 15.3 Å². The van der Waals surface area contributed by atoms with Gasteiger partial charge in [-0.3, -0.25) is 0 Å². The van der Waals surface area contributed by atoms with Gasteiger partial charge in [0.2, 0.25) is 0 Å². The number of halogens is 1. The van der Waals surface area contributed by atoms with Gasteiger partial charge in [0, 0.05) is 25.2 Å². The molecular formula is C7H17ClN2. The molecule has 10 heavy (non-hydrogen) atoms. The summed E-state index contributed by atoms with van der Waals surface area (Å²) in [5, 5.41) is 3.42. The highest BCUT2D eigenvalue weighted by atomic mass is 35.5. The summed E-state index contributed by atoms with van der Waals surface area (Å²) < 4.78 is 0. The van der Waals surface area contributed by atoms with Crippen molar-refractivity contribution in [1.29, 1.82) is 0 Å². The van der Waals surface area contributed by atoms with Gasteiger partial charge in [-0.2, -0.15) is 0 Å². The molecule has 1 saturated heterocycles. The van der Waals surface area contributed by atoms with Crippen molar-refractivity contribution in [2.75, 3.05) is 20.1 Å². The number of rotatable bonds is 0. The predicted octanol–water partition coefficient (Wildman–Crippen LogP) is 0.720. The van der Waals surface area contributed by atoms with Gasteiger partial charge in [0.15, 0.2) is 0 Å². The highest BCUT2D eigenvalue weighted by Crippen LogP contribution is 2.01. The first-order valence-electron chi connectivity index (χ1n) is 3.64. The SMILES string of the molecule is C[C@@H]1CN(C)[C@@H](C)CN1.Cl. The largest absolute Gasteiger partial charge is 0.311 e. The number of nitrogens with one attached hydrogen (secondary N) is 1. The summed E-state index contributed by atoms with van der Waals surface area (Å²) in [5.41, 5.74) is 0. The average Bonchev–Trinajstić information content (AvgIpc) is 1.80. The standard InChI is InChI=1S/C7H16N2.ClH/c1-6-5-9(3)7(2)4-8-6;/h6-8H,4-5H2,1-3H3;1H/t6-,7+;/m1./s1. The van der Waals surface area contributed by atoms with Gasteiger partial charge in [-0.25, -0.2) is 0 Å². The summed E-state index contributed by atoms with van der Waals surface area (Å²) in [6.07, 6.45) is 0. The van der Waals surface area contributed by atoms with Crippen molar-refractivity contribution in [2.45, 2.75) is 25.9 Å². The van der Waals surface area contributed by atoms with Crippen LogP contribution in [0.2, 0.25) is 0 Å². The Morgan fingerprint density at radius 2 is 2.00 bits per heavy atom. The molecule has 0 aromatic rings. The maximum atomic E-state index is 3.42. The van der Waals surface area contributed by atoms with E-state index in [0.29, 0.717) is 12.1 Å². The van der Waals surface area contributed by atoms with Gasteiger partial charge in [-0.15, -0.1) is 12.4 Å². The highest BCUT2D eigenvalue weighted by molar-refractivity contribution is 5.85. The number of piperazine rings is 1. The molecule has 62 valence electrons. The van der Waals surface area contributed by atoms with Crippen LogP contribution in [0.4, 0.5) is 0 Å². The Labute approximate surface area is 69.4 Å². The van der Waals surface area contributed by atoms with E-state index in [4.69, 9.17) is 0 Å². The molecule has 2 atom stereocenters. The van der Waals surface area contributed by atoms with Crippen LogP contribution in [-0.2, 0) is 0 Å². The molecule has 2 nitrogen and oxygen atoms in total. The number of nitrogens with zero attached hydrogens (tertiary/aromatic N) is 1. The fraction of sp³-hybridized carbons (Fsp3) is 1.00. The first-order valence-corrected chi connectivity index (χ1v) is 3.64. The molecule has 1 heterocycles. The molecule has 0 aromatic heterocycles. The summed E-state index contributed by atoms with van der Waals surface area (Å²) in [6.45, 7) is 6.79. The number of hydrogen-bond donors (Lipinski definition) is 1. The second kappa shape index (κ2) is 4.16. The third-order valence-corrected chi connectivity index (χ3v) is 2.08. The van der Waals surface area contributed by atoms with E-state index < -0.39 is 0 Å². The van der Waals surface area contributed by atoms with E-state index in [1.807, 2.05) is 0 Å². The third kappa shape index (κ3) is 2.45. The monoisotopic (exact) mass is 164 g/mol. The minimum Gasteiger partial charge on any atom is -0.311 e. The lowest BCUT2D eigenvalue weighted by Crippen LogP contribution is -2.52. The summed E-state index contributed by atoms with van der Waals surface area (Å²) >= 11 is 0. The molecule has 1 fully saturated rings. The molecule has 0 unspecified atom stereocenters. The van der Waals surface area contributed by atoms with Gasteiger partial charge in [-0.05, 0) is 20.9 Å². The average molecular weight is 165 g/mol. The van der Waals surface area contributed by atoms with Crippen LogP contribution in [0.15, 0.2) is 0 Å². The van der Waals surface area contributed by atoms with Gasteiger partial charge in [0.25, 0.3) is 0 Å². The fourth-order valence-corrected chi connectivity index (χ4v) is 1.20. The molecule has 0 aliphatic carbocycles. The molecule has 1 aliphatic heterocycles. The first-order chi connectivity index (χ1) is 4.20. The van der Waals surface area contributed by atoms with Crippen molar-refractivity contribution in [1.82, 2.24) is 10.2 Å². The molecule has 3 heteroatoms. The highest BCUT2D eigenvalue weighted by Gasteiger charge is 2.17. The molecule has 0 bridgehead atoms. The van der Waals surface area contributed by atoms with Gasteiger partial charge < -0.3 is 10.2 Å². The summed E-state index contributed by atoms with van der Waals surface area (Å²) in [6, 6.07) is 1.38. The van der Waals surface area contributed by atoms with E-state index in [2.05, 4.69) is 31.1 Å². The molecule has 0 radical (unpaired) electrons. The smallest absolute Gasteiger partial charge is 0.0190 e. The third-order valence-electron chi connectivity index (χ3n) is 2.08. The molecule has 0 spiro atoms. The molecule has 0 aromatic carbocycles. The van der Waals surface area contributed by atoms with Crippen LogP contribution in [0.1, 0.15) is 13.8 Å². The van der Waals surface area contributed by atoms with Crippen molar-refractivity contribution in [3.63, 3.8) is 0 Å². The zero-order valence-corrected chi connectivity index (χ0v) is 7.74. The van der Waals surface area contributed by atoms with E-state index in [0.717, 1.165) is 6.54 Å². The van der Waals surface area contributed by atoms with Crippen LogP contribution in [0.3, 0.4) is 0 Å². The lowest BCUT2D eigenvalue weighted by molar-refractivity contribution is 0.182. The van der Waals surface area contributed by atoms with E-state index in [1.165, 1.54) is 6.54 Å². The van der Waals surface area contributed by atoms with Crippen LogP contribution in [-0.4, -0.2) is 37.1 Å². The first kappa shape index (κ1) is 10.2. The Balaban J connectivity index is 0.000000810. The number of likely N-dealkylation sites (N-methyl/N-ethyl adjacent to an activating group) is 1. The lowest BCUT2D eigenvalue weighted by Gasteiger charge is -2.34. The van der Waals surface area contributed by atoms with Crippen LogP contribution in [0, 0.1) is 0 Å². The Kier molecular flexibility index (Phi) is 4.25. The fourth-order valence-electron chi connectivity index (χ4n) is 1.20. The maximum Gasteiger partial charge on any atom is 0.0190 e. The molecule has 0 saturated carbocycles. The normalized spacial score (nSPS) is 35.1. The molecule has 1 N–H and O–H groups in total. The second-order valence-corrected chi connectivity index (χ2v) is 3.10. The minimum absolute atomic E-state index is 0. The van der Waals surface area contributed by atoms with Gasteiger partial charge >= 0.3 is 0 Å². The second-order valence-electron chi connectivity index (χ2n) is 3.10. The van der Waals surface area contributed by atoms with E-state index in [-0.39, 0.29) is 12.4 Å². The van der Waals surface area contributed by atoms with Crippen molar-refractivity contribution >= 4 is 12.4 Å². The van der Waals surface area contributed by atoms with Gasteiger partial charge in [0.1, 0.15) is 0 Å². The van der Waals surface area contributed by atoms with Crippen LogP contribution < -0.4 is 5.32 Å². The lowest BCUT2D eigenvalue weighted by atomic mass is 10.2. The van der Waals surface area contributed by atoms with Crippen molar-refractivity contribution < 1.29 is 0 Å². The summed E-state index contributed by atoms with van der Waals surface area (Å²) in [7, 11) is 2.18. The van der Waals surface area contributed by atoms with Crippen LogP contribution in [0.5, 0.6) is 0 Å². The minimum atomic E-state index is 0.